The summed E-state index contributed by atoms with van der Waals surface area (Å²) < 4.78 is 2.57. The fourth-order valence-electron chi connectivity index (χ4n) is 10.7. The first-order chi connectivity index (χ1) is 32.7. The minimum absolute atomic E-state index is 0.484. The molecule has 0 saturated heterocycles. The zero-order valence-corrected chi connectivity index (χ0v) is 36.7. The Hall–Kier alpha value is -8.24. The standard InChI is InChI=1S/C63H40N2S/c1-4-17-43(18-5-1)62-64-57(44-35-38-60-55(39-44)53-26-13-15-30-59(53)66-60)40-58(65-62)52-37-36-47(49-23-10-11-24-50(49)52)41-31-33-42(34-32-41)48-27-16-28-54-51-25-12-14-29-56(51)63(61(48)54,45-19-6-2-7-20-45)46-21-8-3-9-22-46/h1-40H. The molecule has 0 atom stereocenters. The molecule has 0 aliphatic heterocycles. The lowest BCUT2D eigenvalue weighted by Gasteiger charge is -2.35. The smallest absolute Gasteiger partial charge is 0.160 e. The van der Waals surface area contributed by atoms with E-state index in [0.29, 0.717) is 5.82 Å². The molecule has 0 N–H and O–H groups in total. The van der Waals surface area contributed by atoms with Crippen LogP contribution in [0.4, 0.5) is 0 Å². The quantitative estimate of drug-likeness (QED) is 0.160. The van der Waals surface area contributed by atoms with Gasteiger partial charge in [0.05, 0.1) is 16.8 Å². The van der Waals surface area contributed by atoms with E-state index in [1.807, 2.05) is 17.4 Å². The molecule has 1 aliphatic carbocycles. The molecule has 12 aromatic rings. The van der Waals surface area contributed by atoms with Gasteiger partial charge in [0.15, 0.2) is 5.82 Å². The van der Waals surface area contributed by atoms with Crippen LogP contribution < -0.4 is 0 Å². The van der Waals surface area contributed by atoms with Crippen LogP contribution in [0, 0.1) is 0 Å². The summed E-state index contributed by atoms with van der Waals surface area (Å²) in [5.74, 6) is 0.709. The molecule has 0 spiro atoms. The van der Waals surface area contributed by atoms with Gasteiger partial charge in [0.25, 0.3) is 0 Å². The summed E-state index contributed by atoms with van der Waals surface area (Å²) in [5.41, 5.74) is 17.0. The summed E-state index contributed by atoms with van der Waals surface area (Å²) >= 11 is 1.83. The highest BCUT2D eigenvalue weighted by molar-refractivity contribution is 7.25. The second kappa shape index (κ2) is 15.5. The van der Waals surface area contributed by atoms with Crippen molar-refractivity contribution in [1.82, 2.24) is 9.97 Å². The van der Waals surface area contributed by atoms with Crippen molar-refractivity contribution in [3.05, 3.63) is 265 Å². The van der Waals surface area contributed by atoms with Gasteiger partial charge in [-0.25, -0.2) is 9.97 Å². The van der Waals surface area contributed by atoms with Gasteiger partial charge in [0.1, 0.15) is 0 Å². The highest BCUT2D eigenvalue weighted by atomic mass is 32.1. The van der Waals surface area contributed by atoms with Crippen molar-refractivity contribution >= 4 is 42.3 Å². The third kappa shape index (κ3) is 6.01. The third-order valence-corrected chi connectivity index (χ3v) is 14.8. The lowest BCUT2D eigenvalue weighted by Crippen LogP contribution is -2.29. The molecular formula is C63H40N2S. The number of nitrogens with zero attached hydrogens (tertiary/aromatic N) is 2. The van der Waals surface area contributed by atoms with Crippen LogP contribution in [0.2, 0.25) is 0 Å². The number of rotatable bonds is 7. The van der Waals surface area contributed by atoms with Gasteiger partial charge in [-0.1, -0.05) is 218 Å². The molecule has 0 radical (unpaired) electrons. The van der Waals surface area contributed by atoms with Crippen LogP contribution in [0.1, 0.15) is 22.3 Å². The predicted octanol–water partition coefficient (Wildman–Crippen LogP) is 16.7. The van der Waals surface area contributed by atoms with Crippen LogP contribution in [0.15, 0.2) is 243 Å². The molecule has 0 bridgehead atoms. The molecule has 3 heteroatoms. The maximum absolute atomic E-state index is 5.29. The SMILES string of the molecule is c1ccc(-c2nc(-c3ccc4sc5ccccc5c4c3)cc(-c3ccc(-c4ccc(-c5cccc6c5C(c5ccccc5)(c5ccccc5)c5ccccc5-6)cc4)c4ccccc34)n2)cc1. The molecule has 0 amide bonds. The van der Waals surface area contributed by atoms with Crippen molar-refractivity contribution in [3.63, 3.8) is 0 Å². The minimum Gasteiger partial charge on any atom is -0.228 e. The van der Waals surface area contributed by atoms with Crippen molar-refractivity contribution in [2.24, 2.45) is 0 Å². The van der Waals surface area contributed by atoms with Crippen LogP contribution in [-0.2, 0) is 5.41 Å². The van der Waals surface area contributed by atoms with Crippen LogP contribution >= 0.6 is 11.3 Å². The number of hydrogen-bond donors (Lipinski definition) is 0. The largest absolute Gasteiger partial charge is 0.228 e. The highest BCUT2D eigenvalue weighted by Gasteiger charge is 2.47. The van der Waals surface area contributed by atoms with Gasteiger partial charge in [-0.15, -0.1) is 11.3 Å². The zero-order valence-electron chi connectivity index (χ0n) is 35.9. The summed E-state index contributed by atoms with van der Waals surface area (Å²) in [4.78, 5) is 10.5. The number of aromatic nitrogens is 2. The molecule has 10 aromatic carbocycles. The van der Waals surface area contributed by atoms with Crippen LogP contribution in [-0.4, -0.2) is 9.97 Å². The van der Waals surface area contributed by atoms with Crippen molar-refractivity contribution in [1.29, 1.82) is 0 Å². The normalized spacial score (nSPS) is 12.7. The van der Waals surface area contributed by atoms with Gasteiger partial charge in [0, 0.05) is 36.9 Å². The first-order valence-electron chi connectivity index (χ1n) is 22.6. The average molecular weight is 857 g/mol. The van der Waals surface area contributed by atoms with E-state index in [1.54, 1.807) is 0 Å². The molecule has 0 saturated carbocycles. The van der Waals surface area contributed by atoms with Crippen LogP contribution in [0.5, 0.6) is 0 Å². The Morgan fingerprint density at radius 1 is 0.303 bits per heavy atom. The predicted molar refractivity (Wildman–Crippen MR) is 277 cm³/mol. The Morgan fingerprint density at radius 2 is 0.833 bits per heavy atom. The fourth-order valence-corrected chi connectivity index (χ4v) is 11.8. The van der Waals surface area contributed by atoms with Gasteiger partial charge in [-0.3, -0.25) is 0 Å². The Morgan fingerprint density at radius 3 is 1.58 bits per heavy atom. The van der Waals surface area contributed by atoms with Crippen LogP contribution in [0.3, 0.4) is 0 Å². The molecule has 0 fully saturated rings. The topological polar surface area (TPSA) is 25.8 Å². The zero-order chi connectivity index (χ0) is 43.6. The lowest BCUT2D eigenvalue weighted by molar-refractivity contribution is 0.770. The van der Waals surface area contributed by atoms with Gasteiger partial charge in [0.2, 0.25) is 0 Å². The van der Waals surface area contributed by atoms with Crippen molar-refractivity contribution in [2.45, 2.75) is 5.41 Å². The molecule has 1 aliphatic rings. The van der Waals surface area contributed by atoms with E-state index in [2.05, 4.69) is 237 Å². The third-order valence-electron chi connectivity index (χ3n) is 13.6. The Balaban J connectivity index is 0.936. The van der Waals surface area contributed by atoms with E-state index in [1.165, 1.54) is 81.2 Å². The summed E-state index contributed by atoms with van der Waals surface area (Å²) in [6.07, 6.45) is 0. The fraction of sp³-hybridized carbons (Fsp3) is 0.0159. The molecule has 2 nitrogen and oxygen atoms in total. The molecule has 0 unspecified atom stereocenters. The van der Waals surface area contributed by atoms with Crippen LogP contribution in [0.25, 0.3) is 98.2 Å². The Bertz CT molecular complexity index is 3760. The summed E-state index contributed by atoms with van der Waals surface area (Å²) in [7, 11) is 0. The highest BCUT2D eigenvalue weighted by Crippen LogP contribution is 2.58. The molecule has 66 heavy (non-hydrogen) atoms. The van der Waals surface area contributed by atoms with E-state index in [0.717, 1.165) is 33.5 Å². The second-order valence-corrected chi connectivity index (χ2v) is 18.3. The minimum atomic E-state index is -0.484. The van der Waals surface area contributed by atoms with Crippen molar-refractivity contribution in [2.75, 3.05) is 0 Å². The van der Waals surface area contributed by atoms with E-state index >= 15 is 0 Å². The second-order valence-electron chi connectivity index (χ2n) is 17.2. The lowest BCUT2D eigenvalue weighted by atomic mass is 9.66. The summed E-state index contributed by atoms with van der Waals surface area (Å²) in [6, 6.07) is 88.3. The number of hydrogen-bond acceptors (Lipinski definition) is 3. The number of benzene rings is 10. The first kappa shape index (κ1) is 38.2. The van der Waals surface area contributed by atoms with E-state index in [4.69, 9.17) is 9.97 Å². The van der Waals surface area contributed by atoms with E-state index in [9.17, 15) is 0 Å². The Kier molecular flexibility index (Phi) is 8.97. The van der Waals surface area contributed by atoms with Gasteiger partial charge < -0.3 is 0 Å². The maximum Gasteiger partial charge on any atom is 0.160 e. The molecular weight excluding hydrogens is 817 g/mol. The van der Waals surface area contributed by atoms with Crippen molar-refractivity contribution in [3.8, 4) is 67.3 Å². The summed E-state index contributed by atoms with van der Waals surface area (Å²) in [6.45, 7) is 0. The summed E-state index contributed by atoms with van der Waals surface area (Å²) in [5, 5.41) is 4.86. The molecule has 13 rings (SSSR count). The number of thiophene rings is 1. The molecule has 2 heterocycles. The van der Waals surface area contributed by atoms with E-state index < -0.39 is 5.41 Å². The number of fused-ring (bicyclic) bond motifs is 7. The van der Waals surface area contributed by atoms with Gasteiger partial charge in [-0.2, -0.15) is 0 Å². The monoisotopic (exact) mass is 856 g/mol. The average Bonchev–Trinajstić information content (AvgIpc) is 3.93. The molecule has 2 aromatic heterocycles. The van der Waals surface area contributed by atoms with E-state index in [-0.39, 0.29) is 0 Å². The Labute approximate surface area is 387 Å². The molecule has 308 valence electrons. The maximum atomic E-state index is 5.29. The van der Waals surface area contributed by atoms with Gasteiger partial charge >= 0.3 is 0 Å². The van der Waals surface area contributed by atoms with Crippen molar-refractivity contribution < 1.29 is 0 Å². The van der Waals surface area contributed by atoms with Gasteiger partial charge in [-0.05, 0) is 90.7 Å². The first-order valence-corrected chi connectivity index (χ1v) is 23.4.